The molecule has 156 valence electrons. The van der Waals surface area contributed by atoms with Gasteiger partial charge < -0.3 is 19.3 Å². The number of nitrogens with zero attached hydrogens (tertiary/aromatic N) is 2. The van der Waals surface area contributed by atoms with Crippen LogP contribution in [0, 0.1) is 11.8 Å². The number of likely N-dealkylation sites (tertiary alicyclic amines) is 1. The molecule has 2 rings (SSSR count). The van der Waals surface area contributed by atoms with Gasteiger partial charge in [0.15, 0.2) is 0 Å². The van der Waals surface area contributed by atoms with Gasteiger partial charge in [-0.1, -0.05) is 25.4 Å². The van der Waals surface area contributed by atoms with E-state index in [1.165, 1.54) is 7.11 Å². The summed E-state index contributed by atoms with van der Waals surface area (Å²) in [4.78, 5) is 29.5. The number of amides is 2. The molecule has 0 N–H and O–H groups in total. The molecule has 1 fully saturated rings. The summed E-state index contributed by atoms with van der Waals surface area (Å²) in [6.45, 7) is 7.16. The number of benzene rings is 1. The average Bonchev–Trinajstić information content (AvgIpc) is 2.69. The maximum Gasteiger partial charge on any atom is 0.257 e. The van der Waals surface area contributed by atoms with Crippen molar-refractivity contribution in [1.29, 1.82) is 0 Å². The van der Waals surface area contributed by atoms with Gasteiger partial charge in [-0.3, -0.25) is 9.59 Å². The van der Waals surface area contributed by atoms with Gasteiger partial charge in [-0.15, -0.1) is 0 Å². The summed E-state index contributed by atoms with van der Waals surface area (Å²) in [5.41, 5.74) is 0.460. The molecule has 0 radical (unpaired) electrons. The second-order valence-corrected chi connectivity index (χ2v) is 8.02. The maximum atomic E-state index is 13.0. The van der Waals surface area contributed by atoms with Gasteiger partial charge in [0, 0.05) is 44.2 Å². The Morgan fingerprint density at radius 1 is 1.25 bits per heavy atom. The predicted octanol–water partition coefficient (Wildman–Crippen LogP) is 3.33. The van der Waals surface area contributed by atoms with Crippen molar-refractivity contribution in [1.82, 2.24) is 9.80 Å². The lowest BCUT2D eigenvalue weighted by Gasteiger charge is -2.35. The van der Waals surface area contributed by atoms with E-state index in [9.17, 15) is 9.59 Å². The first kappa shape index (κ1) is 22.5. The molecule has 2 amide bonds. The number of piperidine rings is 1. The van der Waals surface area contributed by atoms with E-state index in [0.29, 0.717) is 61.3 Å². The number of halogens is 1. The van der Waals surface area contributed by atoms with Gasteiger partial charge in [-0.25, -0.2) is 0 Å². The van der Waals surface area contributed by atoms with E-state index in [4.69, 9.17) is 21.1 Å². The third kappa shape index (κ3) is 5.85. The van der Waals surface area contributed by atoms with Crippen LogP contribution in [0.4, 0.5) is 0 Å². The molecule has 0 unspecified atom stereocenters. The Labute approximate surface area is 172 Å². The molecule has 1 heterocycles. The van der Waals surface area contributed by atoms with Crippen molar-refractivity contribution in [3.63, 3.8) is 0 Å². The van der Waals surface area contributed by atoms with Crippen molar-refractivity contribution in [3.05, 3.63) is 28.8 Å². The minimum Gasteiger partial charge on any atom is -0.496 e. The monoisotopic (exact) mass is 410 g/mol. The van der Waals surface area contributed by atoms with Crippen LogP contribution < -0.4 is 4.74 Å². The number of carbonyl (C=O) groups excluding carboxylic acids is 2. The molecule has 1 aliphatic rings. The lowest BCUT2D eigenvalue weighted by Crippen LogP contribution is -2.46. The highest BCUT2D eigenvalue weighted by Gasteiger charge is 2.31. The summed E-state index contributed by atoms with van der Waals surface area (Å²) >= 11 is 6.05. The number of carbonyl (C=O) groups is 2. The molecular weight excluding hydrogens is 380 g/mol. The van der Waals surface area contributed by atoms with E-state index in [1.807, 2.05) is 4.90 Å². The lowest BCUT2D eigenvalue weighted by molar-refractivity contribution is -0.138. The van der Waals surface area contributed by atoms with Gasteiger partial charge in [0.25, 0.3) is 5.91 Å². The second kappa shape index (κ2) is 10.7. The summed E-state index contributed by atoms with van der Waals surface area (Å²) in [6, 6.07) is 5.03. The largest absolute Gasteiger partial charge is 0.496 e. The average molecular weight is 411 g/mol. The minimum absolute atomic E-state index is 0.0547. The van der Waals surface area contributed by atoms with Gasteiger partial charge in [-0.2, -0.15) is 0 Å². The molecule has 1 aromatic rings. The van der Waals surface area contributed by atoms with Crippen LogP contribution in [0.1, 0.15) is 37.0 Å². The SMILES string of the molecule is COCCN(CC(C)C)C(=O)C1CCN(C(=O)c2cc(Cl)ccc2OC)CC1. The van der Waals surface area contributed by atoms with Crippen LogP contribution in [0.3, 0.4) is 0 Å². The van der Waals surface area contributed by atoms with Crippen molar-refractivity contribution >= 4 is 23.4 Å². The number of methoxy groups -OCH3 is 2. The molecule has 0 spiro atoms. The first-order valence-corrected chi connectivity index (χ1v) is 10.2. The summed E-state index contributed by atoms with van der Waals surface area (Å²) in [5.74, 6) is 0.913. The summed E-state index contributed by atoms with van der Waals surface area (Å²) in [5, 5.41) is 0.497. The molecule has 6 nitrogen and oxygen atoms in total. The topological polar surface area (TPSA) is 59.1 Å². The van der Waals surface area contributed by atoms with Crippen LogP contribution in [0.25, 0.3) is 0 Å². The minimum atomic E-state index is -0.108. The highest BCUT2D eigenvalue weighted by Crippen LogP contribution is 2.27. The van der Waals surface area contributed by atoms with Crippen LogP contribution in [0.2, 0.25) is 5.02 Å². The Bertz CT molecular complexity index is 672. The van der Waals surface area contributed by atoms with E-state index in [1.54, 1.807) is 30.2 Å². The molecule has 0 aliphatic carbocycles. The van der Waals surface area contributed by atoms with Crippen LogP contribution in [0.5, 0.6) is 5.75 Å². The second-order valence-electron chi connectivity index (χ2n) is 7.58. The van der Waals surface area contributed by atoms with Crippen molar-refractivity contribution in [3.8, 4) is 5.75 Å². The Hall–Kier alpha value is -1.79. The fourth-order valence-electron chi connectivity index (χ4n) is 3.54. The van der Waals surface area contributed by atoms with Gasteiger partial charge in [0.2, 0.25) is 5.91 Å². The van der Waals surface area contributed by atoms with Gasteiger partial charge in [-0.05, 0) is 37.0 Å². The van der Waals surface area contributed by atoms with Gasteiger partial charge in [0.05, 0.1) is 19.3 Å². The molecule has 28 heavy (non-hydrogen) atoms. The fraction of sp³-hybridized carbons (Fsp3) is 0.619. The van der Waals surface area contributed by atoms with Crippen molar-refractivity contribution in [2.24, 2.45) is 11.8 Å². The van der Waals surface area contributed by atoms with Crippen LogP contribution in [-0.2, 0) is 9.53 Å². The highest BCUT2D eigenvalue weighted by atomic mass is 35.5. The number of hydrogen-bond acceptors (Lipinski definition) is 4. The van der Waals surface area contributed by atoms with Crippen molar-refractivity contribution < 1.29 is 19.1 Å². The third-order valence-corrected chi connectivity index (χ3v) is 5.22. The Morgan fingerprint density at radius 3 is 2.50 bits per heavy atom. The molecular formula is C21H31ClN2O4. The number of rotatable bonds is 8. The van der Waals surface area contributed by atoms with E-state index in [0.717, 1.165) is 6.54 Å². The zero-order valence-electron chi connectivity index (χ0n) is 17.2. The molecule has 1 saturated heterocycles. The molecule has 0 bridgehead atoms. The molecule has 1 aliphatic heterocycles. The van der Waals surface area contributed by atoms with E-state index < -0.39 is 0 Å². The number of ether oxygens (including phenoxy) is 2. The standard InChI is InChI=1S/C21H31ClN2O4/c1-15(2)14-24(11-12-27-3)20(25)16-7-9-23(10-8-16)21(26)18-13-17(22)5-6-19(18)28-4/h5-6,13,15-16H,7-12,14H2,1-4H3. The summed E-state index contributed by atoms with van der Waals surface area (Å²) in [7, 11) is 3.18. The Morgan fingerprint density at radius 2 is 1.93 bits per heavy atom. The van der Waals surface area contributed by atoms with Crippen molar-refractivity contribution in [2.45, 2.75) is 26.7 Å². The zero-order chi connectivity index (χ0) is 20.7. The van der Waals surface area contributed by atoms with Crippen molar-refractivity contribution in [2.75, 3.05) is 47.0 Å². The van der Waals surface area contributed by atoms with E-state index in [-0.39, 0.29) is 17.7 Å². The zero-order valence-corrected chi connectivity index (χ0v) is 18.0. The molecule has 0 saturated carbocycles. The maximum absolute atomic E-state index is 13.0. The van der Waals surface area contributed by atoms with E-state index in [2.05, 4.69) is 13.8 Å². The smallest absolute Gasteiger partial charge is 0.257 e. The molecule has 1 aromatic carbocycles. The molecule has 0 atom stereocenters. The first-order chi connectivity index (χ1) is 13.4. The predicted molar refractivity (Wildman–Crippen MR) is 110 cm³/mol. The third-order valence-electron chi connectivity index (χ3n) is 4.99. The van der Waals surface area contributed by atoms with Gasteiger partial charge in [0.1, 0.15) is 5.75 Å². The molecule has 7 heteroatoms. The normalized spacial score (nSPS) is 15.0. The van der Waals surface area contributed by atoms with Crippen LogP contribution in [-0.4, -0.2) is 68.6 Å². The van der Waals surface area contributed by atoms with Gasteiger partial charge >= 0.3 is 0 Å². The Kier molecular flexibility index (Phi) is 8.58. The van der Waals surface area contributed by atoms with Crippen LogP contribution in [0.15, 0.2) is 18.2 Å². The Balaban J connectivity index is 2.00. The molecule has 0 aromatic heterocycles. The van der Waals surface area contributed by atoms with E-state index >= 15 is 0 Å². The fourth-order valence-corrected chi connectivity index (χ4v) is 3.71. The quantitative estimate of drug-likeness (QED) is 0.659. The lowest BCUT2D eigenvalue weighted by atomic mass is 9.94. The summed E-state index contributed by atoms with van der Waals surface area (Å²) < 4.78 is 10.4. The van der Waals surface area contributed by atoms with Crippen LogP contribution >= 0.6 is 11.6 Å². The highest BCUT2D eigenvalue weighted by molar-refractivity contribution is 6.31. The first-order valence-electron chi connectivity index (χ1n) is 9.77. The summed E-state index contributed by atoms with van der Waals surface area (Å²) in [6.07, 6.45) is 1.32. The number of hydrogen-bond donors (Lipinski definition) is 0.